The van der Waals surface area contributed by atoms with E-state index >= 15 is 0 Å². The fraction of sp³-hybridized carbons (Fsp3) is 1.00. The van der Waals surface area contributed by atoms with Crippen molar-refractivity contribution in [1.82, 2.24) is 0 Å². The van der Waals surface area contributed by atoms with E-state index in [4.69, 9.17) is 5.11 Å². The Labute approximate surface area is 79.2 Å². The Morgan fingerprint density at radius 3 is 1.67 bits per heavy atom. The van der Waals surface area contributed by atoms with Crippen molar-refractivity contribution < 1.29 is 5.11 Å². The van der Waals surface area contributed by atoms with Crippen LogP contribution in [0, 0.1) is 5.92 Å². The standard InChI is InChI=1S/C4H10O.Ba/c1-4(2)3-5;/h4-5H,3H2,1-2H3;. The molecule has 34 valence electrons. The van der Waals surface area contributed by atoms with Crippen molar-refractivity contribution in [2.24, 2.45) is 5.92 Å². The second-order valence-electron chi connectivity index (χ2n) is 1.58. The maximum Gasteiger partial charge on any atom is 0.0453 e. The van der Waals surface area contributed by atoms with E-state index in [0.29, 0.717) is 12.5 Å². The Morgan fingerprint density at radius 2 is 1.67 bits per heavy atom. The molecule has 0 fully saturated rings. The number of hydrogen-bond donors (Lipinski definition) is 1. The molecule has 2 heteroatoms. The van der Waals surface area contributed by atoms with Gasteiger partial charge in [0.1, 0.15) is 0 Å². The molecule has 2 radical (unpaired) electrons. The average Bonchev–Trinajstić information content (AvgIpc) is 1.38. The van der Waals surface area contributed by atoms with Gasteiger partial charge in [0.15, 0.2) is 0 Å². The Kier molecular flexibility index (Phi) is 11.4. The Morgan fingerprint density at radius 1 is 1.50 bits per heavy atom. The van der Waals surface area contributed by atoms with E-state index in [0.717, 1.165) is 0 Å². The van der Waals surface area contributed by atoms with Crippen LogP contribution in [0.3, 0.4) is 0 Å². The summed E-state index contributed by atoms with van der Waals surface area (Å²) in [7, 11) is 0. The fourth-order valence-electron chi connectivity index (χ4n) is 0. The zero-order valence-corrected chi connectivity index (χ0v) is 8.88. The maximum atomic E-state index is 8.14. The normalized spacial score (nSPS) is 8.00. The van der Waals surface area contributed by atoms with Crippen LogP contribution >= 0.6 is 0 Å². The van der Waals surface area contributed by atoms with Crippen molar-refractivity contribution in [3.05, 3.63) is 0 Å². The molecule has 0 amide bonds. The van der Waals surface area contributed by atoms with Crippen LogP contribution in [0.2, 0.25) is 0 Å². The van der Waals surface area contributed by atoms with E-state index in [-0.39, 0.29) is 48.9 Å². The minimum Gasteiger partial charge on any atom is -0.396 e. The van der Waals surface area contributed by atoms with E-state index in [2.05, 4.69) is 0 Å². The van der Waals surface area contributed by atoms with Crippen LogP contribution in [0.4, 0.5) is 0 Å². The number of aliphatic hydroxyl groups is 1. The van der Waals surface area contributed by atoms with Crippen LogP contribution < -0.4 is 0 Å². The van der Waals surface area contributed by atoms with Crippen LogP contribution in [-0.2, 0) is 0 Å². The minimum absolute atomic E-state index is 0. The molecule has 0 aliphatic carbocycles. The number of hydrogen-bond acceptors (Lipinski definition) is 1. The summed E-state index contributed by atoms with van der Waals surface area (Å²) < 4.78 is 0. The maximum absolute atomic E-state index is 8.14. The van der Waals surface area contributed by atoms with Gasteiger partial charge < -0.3 is 5.11 Å². The molecule has 0 heterocycles. The van der Waals surface area contributed by atoms with Gasteiger partial charge in [-0.1, -0.05) is 13.8 Å². The number of rotatable bonds is 1. The summed E-state index contributed by atoms with van der Waals surface area (Å²) in [6, 6.07) is 0. The molecular formula is C4H10BaO. The minimum atomic E-state index is 0. The quantitative estimate of drug-likeness (QED) is 0.617. The first kappa shape index (κ1) is 10.5. The third-order valence-corrected chi connectivity index (χ3v) is 0.365. The van der Waals surface area contributed by atoms with Crippen molar-refractivity contribution in [2.45, 2.75) is 13.8 Å². The van der Waals surface area contributed by atoms with Gasteiger partial charge in [0.25, 0.3) is 0 Å². The van der Waals surface area contributed by atoms with Gasteiger partial charge in [-0.15, -0.1) is 0 Å². The zero-order chi connectivity index (χ0) is 4.28. The summed E-state index contributed by atoms with van der Waals surface area (Å²) >= 11 is 0. The predicted octanol–water partition coefficient (Wildman–Crippen LogP) is 0.254. The molecule has 1 N–H and O–H groups in total. The van der Waals surface area contributed by atoms with E-state index in [1.54, 1.807) is 0 Å². The van der Waals surface area contributed by atoms with Crippen molar-refractivity contribution in [3.8, 4) is 0 Å². The molecule has 0 aromatic carbocycles. The molecule has 0 rings (SSSR count). The molecule has 0 unspecified atom stereocenters. The Balaban J connectivity index is 0. The molecule has 0 atom stereocenters. The molecule has 1 nitrogen and oxygen atoms in total. The molecule has 0 aromatic heterocycles. The van der Waals surface area contributed by atoms with Crippen LogP contribution in [0.5, 0.6) is 0 Å². The second-order valence-corrected chi connectivity index (χ2v) is 1.58. The van der Waals surface area contributed by atoms with E-state index < -0.39 is 0 Å². The second kappa shape index (κ2) is 6.53. The summed E-state index contributed by atoms with van der Waals surface area (Å²) in [5, 5.41) is 8.14. The molecule has 0 spiro atoms. The van der Waals surface area contributed by atoms with Gasteiger partial charge in [0.05, 0.1) is 0 Å². The summed E-state index contributed by atoms with van der Waals surface area (Å²) in [6.07, 6.45) is 0. The molecule has 0 aliphatic rings. The zero-order valence-electron chi connectivity index (χ0n) is 4.44. The smallest absolute Gasteiger partial charge is 0.0453 e. The van der Waals surface area contributed by atoms with Gasteiger partial charge >= 0.3 is 0 Å². The summed E-state index contributed by atoms with van der Waals surface area (Å²) in [5.41, 5.74) is 0. The topological polar surface area (TPSA) is 20.2 Å². The molecule has 0 bridgehead atoms. The third-order valence-electron chi connectivity index (χ3n) is 0.365. The summed E-state index contributed by atoms with van der Waals surface area (Å²) in [4.78, 5) is 0. The molecule has 0 saturated carbocycles. The SMILES string of the molecule is CC(C)CO.[Ba]. The Hall–Kier alpha value is 1.53. The third kappa shape index (κ3) is 9.11. The summed E-state index contributed by atoms with van der Waals surface area (Å²) in [6.45, 7) is 4.25. The van der Waals surface area contributed by atoms with Crippen molar-refractivity contribution in [3.63, 3.8) is 0 Å². The average molecular weight is 211 g/mol. The van der Waals surface area contributed by atoms with E-state index in [1.165, 1.54) is 0 Å². The van der Waals surface area contributed by atoms with E-state index in [9.17, 15) is 0 Å². The first-order chi connectivity index (χ1) is 2.27. The number of aliphatic hydroxyl groups excluding tert-OH is 1. The van der Waals surface area contributed by atoms with Gasteiger partial charge in [-0.3, -0.25) is 0 Å². The van der Waals surface area contributed by atoms with Crippen LogP contribution in [0.25, 0.3) is 0 Å². The Bertz CT molecular complexity index is 21.5. The van der Waals surface area contributed by atoms with Crippen LogP contribution in [-0.4, -0.2) is 60.6 Å². The predicted molar refractivity (Wildman–Crippen MR) is 27.7 cm³/mol. The molecule has 0 aromatic rings. The molecule has 0 saturated heterocycles. The van der Waals surface area contributed by atoms with E-state index in [1.807, 2.05) is 13.8 Å². The van der Waals surface area contributed by atoms with Crippen LogP contribution in [0.1, 0.15) is 13.8 Å². The largest absolute Gasteiger partial charge is 0.396 e. The van der Waals surface area contributed by atoms with Crippen molar-refractivity contribution >= 4 is 48.9 Å². The van der Waals surface area contributed by atoms with Gasteiger partial charge in [0.2, 0.25) is 0 Å². The summed E-state index contributed by atoms with van der Waals surface area (Å²) in [5.74, 6) is 0.440. The molecule has 6 heavy (non-hydrogen) atoms. The van der Waals surface area contributed by atoms with Crippen molar-refractivity contribution in [1.29, 1.82) is 0 Å². The van der Waals surface area contributed by atoms with Gasteiger partial charge in [-0.25, -0.2) is 0 Å². The molecular weight excluding hydrogens is 201 g/mol. The first-order valence-corrected chi connectivity index (χ1v) is 1.88. The molecule has 0 aliphatic heterocycles. The van der Waals surface area contributed by atoms with Crippen molar-refractivity contribution in [2.75, 3.05) is 6.61 Å². The van der Waals surface area contributed by atoms with Gasteiger partial charge in [-0.2, -0.15) is 0 Å². The van der Waals surface area contributed by atoms with Gasteiger partial charge in [0, 0.05) is 55.5 Å². The van der Waals surface area contributed by atoms with Gasteiger partial charge in [-0.05, 0) is 5.92 Å². The fourth-order valence-corrected chi connectivity index (χ4v) is 0. The first-order valence-electron chi connectivity index (χ1n) is 1.88. The van der Waals surface area contributed by atoms with Crippen LogP contribution in [0.15, 0.2) is 0 Å². The monoisotopic (exact) mass is 212 g/mol.